The van der Waals surface area contributed by atoms with Crippen molar-refractivity contribution in [1.29, 1.82) is 0 Å². The molecule has 4 N–H and O–H groups in total. The fraction of sp³-hybridized carbons (Fsp3) is 0.800. The number of nitrogens with two attached hydrogens (primary N) is 1. The van der Waals surface area contributed by atoms with Gasteiger partial charge in [0.05, 0.1) is 0 Å². The van der Waals surface area contributed by atoms with Crippen LogP contribution in [0.4, 0.5) is 0 Å². The Hall–Kier alpha value is -0.320. The molecule has 0 aromatic heterocycles. The second-order valence-electron chi connectivity index (χ2n) is 1.78. The van der Waals surface area contributed by atoms with Gasteiger partial charge in [-0.15, -0.1) is 12.4 Å². The van der Waals surface area contributed by atoms with Gasteiger partial charge in [-0.05, 0) is 19.4 Å². The van der Waals surface area contributed by atoms with Crippen molar-refractivity contribution in [3.63, 3.8) is 0 Å². The van der Waals surface area contributed by atoms with Crippen LogP contribution < -0.4 is 5.73 Å². The average Bonchev–Trinajstić information content (AvgIpc) is 1.82. The van der Waals surface area contributed by atoms with Gasteiger partial charge in [0.1, 0.15) is 0 Å². The largest absolute Gasteiger partial charge is 0.479 e. The van der Waals surface area contributed by atoms with Gasteiger partial charge in [0.15, 0.2) is 6.10 Å². The highest BCUT2D eigenvalue weighted by molar-refractivity contribution is 5.85. The highest BCUT2D eigenvalue weighted by Crippen LogP contribution is 1.93. The zero-order valence-corrected chi connectivity index (χ0v) is 6.30. The molecule has 0 rings (SSSR count). The molecule has 1 atom stereocenters. The van der Waals surface area contributed by atoms with E-state index >= 15 is 0 Å². The summed E-state index contributed by atoms with van der Waals surface area (Å²) >= 11 is 0. The predicted molar refractivity (Wildman–Crippen MR) is 39.2 cm³/mol. The molecule has 0 bridgehead atoms. The highest BCUT2D eigenvalue weighted by Gasteiger charge is 2.10. The van der Waals surface area contributed by atoms with E-state index < -0.39 is 12.1 Å². The quantitative estimate of drug-likeness (QED) is 0.535. The molecule has 4 nitrogen and oxygen atoms in total. The van der Waals surface area contributed by atoms with E-state index in [1.165, 1.54) is 0 Å². The van der Waals surface area contributed by atoms with E-state index in [1.54, 1.807) is 0 Å². The molecule has 0 aliphatic rings. The van der Waals surface area contributed by atoms with Crippen LogP contribution >= 0.6 is 12.4 Å². The first-order valence-electron chi connectivity index (χ1n) is 2.79. The summed E-state index contributed by atoms with van der Waals surface area (Å²) < 4.78 is 0. The van der Waals surface area contributed by atoms with Crippen LogP contribution in [0, 0.1) is 0 Å². The lowest BCUT2D eigenvalue weighted by atomic mass is 10.2. The minimum atomic E-state index is -1.24. The minimum Gasteiger partial charge on any atom is -0.479 e. The van der Waals surface area contributed by atoms with Gasteiger partial charge in [0.25, 0.3) is 0 Å². The first-order valence-corrected chi connectivity index (χ1v) is 2.79. The second-order valence-corrected chi connectivity index (χ2v) is 1.78. The Kier molecular flexibility index (Phi) is 8.40. The Labute approximate surface area is 65.4 Å². The third kappa shape index (κ3) is 5.81. The topological polar surface area (TPSA) is 83.5 Å². The van der Waals surface area contributed by atoms with Crippen molar-refractivity contribution >= 4 is 18.4 Å². The van der Waals surface area contributed by atoms with Crippen LogP contribution in [0.15, 0.2) is 0 Å². The van der Waals surface area contributed by atoms with Crippen molar-refractivity contribution in [2.45, 2.75) is 18.9 Å². The van der Waals surface area contributed by atoms with Crippen molar-refractivity contribution < 1.29 is 15.0 Å². The van der Waals surface area contributed by atoms with Crippen LogP contribution in [0.1, 0.15) is 12.8 Å². The summed E-state index contributed by atoms with van der Waals surface area (Å²) in [5.74, 6) is -1.18. The van der Waals surface area contributed by atoms with Crippen LogP contribution in [0.25, 0.3) is 0 Å². The summed E-state index contributed by atoms with van der Waals surface area (Å²) in [5.41, 5.74) is 5.07. The molecule has 5 heteroatoms. The maximum Gasteiger partial charge on any atom is 0.332 e. The Morgan fingerprint density at radius 1 is 1.60 bits per heavy atom. The SMILES string of the molecule is Cl.NCCC[C@H](O)C(=O)O. The number of halogens is 1. The van der Waals surface area contributed by atoms with Gasteiger partial charge in [-0.3, -0.25) is 0 Å². The number of rotatable bonds is 4. The van der Waals surface area contributed by atoms with E-state index in [2.05, 4.69) is 0 Å². The number of hydrogen-bond donors (Lipinski definition) is 3. The number of carbonyl (C=O) groups is 1. The van der Waals surface area contributed by atoms with E-state index in [-0.39, 0.29) is 18.8 Å². The zero-order valence-electron chi connectivity index (χ0n) is 5.49. The molecule has 0 saturated carbocycles. The Bertz CT molecular complexity index is 98.9. The van der Waals surface area contributed by atoms with Crippen LogP contribution in [0.5, 0.6) is 0 Å². The molecule has 0 aliphatic heterocycles. The van der Waals surface area contributed by atoms with E-state index in [1.807, 2.05) is 0 Å². The summed E-state index contributed by atoms with van der Waals surface area (Å²) in [6, 6.07) is 0. The molecule has 10 heavy (non-hydrogen) atoms. The van der Waals surface area contributed by atoms with Gasteiger partial charge in [0, 0.05) is 0 Å². The third-order valence-corrected chi connectivity index (χ3v) is 0.967. The lowest BCUT2D eigenvalue weighted by molar-refractivity contribution is -0.146. The van der Waals surface area contributed by atoms with Gasteiger partial charge in [0.2, 0.25) is 0 Å². The standard InChI is InChI=1S/C5H11NO3.ClH/c6-3-1-2-4(7)5(8)9;/h4,7H,1-3,6H2,(H,8,9);1H/t4-;/m0./s1. The van der Waals surface area contributed by atoms with E-state index in [0.717, 1.165) is 0 Å². The summed E-state index contributed by atoms with van der Waals surface area (Å²) in [6.45, 7) is 0.421. The minimum absolute atomic E-state index is 0. The molecule has 62 valence electrons. The molecule has 0 amide bonds. The van der Waals surface area contributed by atoms with Gasteiger partial charge in [-0.25, -0.2) is 4.79 Å². The highest BCUT2D eigenvalue weighted by atomic mass is 35.5. The number of aliphatic hydroxyl groups is 1. The van der Waals surface area contributed by atoms with Gasteiger partial charge >= 0.3 is 5.97 Å². The van der Waals surface area contributed by atoms with E-state index in [4.69, 9.17) is 15.9 Å². The summed E-state index contributed by atoms with van der Waals surface area (Å²) in [4.78, 5) is 9.91. The Morgan fingerprint density at radius 3 is 2.40 bits per heavy atom. The molecular formula is C5H12ClNO3. The molecule has 0 aromatic rings. The number of carboxylic acid groups (broad SMARTS) is 1. The van der Waals surface area contributed by atoms with Gasteiger partial charge < -0.3 is 15.9 Å². The number of aliphatic carboxylic acids is 1. The fourth-order valence-electron chi connectivity index (χ4n) is 0.435. The fourth-order valence-corrected chi connectivity index (χ4v) is 0.435. The van der Waals surface area contributed by atoms with Gasteiger partial charge in [-0.1, -0.05) is 0 Å². The van der Waals surface area contributed by atoms with Crippen LogP contribution in [0.2, 0.25) is 0 Å². The lowest BCUT2D eigenvalue weighted by Gasteiger charge is -2.01. The predicted octanol–water partition coefficient (Wildman–Crippen LogP) is -0.407. The van der Waals surface area contributed by atoms with Crippen molar-refractivity contribution in [3.05, 3.63) is 0 Å². The third-order valence-electron chi connectivity index (χ3n) is 0.967. The van der Waals surface area contributed by atoms with E-state index in [9.17, 15) is 4.79 Å². The molecule has 0 heterocycles. The number of carboxylic acids is 1. The maximum atomic E-state index is 9.91. The number of hydrogen-bond acceptors (Lipinski definition) is 3. The summed E-state index contributed by atoms with van der Waals surface area (Å²) in [7, 11) is 0. The molecule has 0 aromatic carbocycles. The molecular weight excluding hydrogens is 158 g/mol. The summed E-state index contributed by atoms with van der Waals surface area (Å²) in [6.07, 6.45) is -0.451. The molecule has 0 fully saturated rings. The second kappa shape index (κ2) is 6.80. The zero-order chi connectivity index (χ0) is 7.28. The first-order chi connectivity index (χ1) is 4.18. The molecule has 0 aliphatic carbocycles. The summed E-state index contributed by atoms with van der Waals surface area (Å²) in [5, 5.41) is 16.7. The normalized spacial score (nSPS) is 11.8. The van der Waals surface area contributed by atoms with Crippen molar-refractivity contribution in [2.24, 2.45) is 5.73 Å². The number of aliphatic hydroxyl groups excluding tert-OH is 1. The molecule has 0 unspecified atom stereocenters. The smallest absolute Gasteiger partial charge is 0.332 e. The molecule has 0 radical (unpaired) electrons. The first kappa shape index (κ1) is 12.4. The maximum absolute atomic E-state index is 9.91. The van der Waals surface area contributed by atoms with Crippen LogP contribution in [0.3, 0.4) is 0 Å². The lowest BCUT2D eigenvalue weighted by Crippen LogP contribution is -2.20. The Morgan fingerprint density at radius 2 is 2.10 bits per heavy atom. The molecule has 0 spiro atoms. The molecule has 0 saturated heterocycles. The van der Waals surface area contributed by atoms with Crippen LogP contribution in [-0.4, -0.2) is 28.8 Å². The average molecular weight is 170 g/mol. The monoisotopic (exact) mass is 169 g/mol. The van der Waals surface area contributed by atoms with Gasteiger partial charge in [-0.2, -0.15) is 0 Å². The van der Waals surface area contributed by atoms with Crippen molar-refractivity contribution in [1.82, 2.24) is 0 Å². The van der Waals surface area contributed by atoms with Crippen molar-refractivity contribution in [2.75, 3.05) is 6.54 Å². The van der Waals surface area contributed by atoms with Crippen molar-refractivity contribution in [3.8, 4) is 0 Å². The van der Waals surface area contributed by atoms with Crippen LogP contribution in [-0.2, 0) is 4.79 Å². The van der Waals surface area contributed by atoms with E-state index in [0.29, 0.717) is 13.0 Å². The Balaban J connectivity index is 0.